The van der Waals surface area contributed by atoms with Crippen molar-refractivity contribution >= 4 is 34.6 Å². The van der Waals surface area contributed by atoms with Crippen LogP contribution in [0.1, 0.15) is 10.4 Å². The minimum Gasteiger partial charge on any atom is -0.292 e. The summed E-state index contributed by atoms with van der Waals surface area (Å²) < 4.78 is 2.37. The van der Waals surface area contributed by atoms with Gasteiger partial charge in [-0.25, -0.2) is 13.9 Å². The van der Waals surface area contributed by atoms with E-state index in [1.165, 1.54) is 35.1 Å². The Kier molecular flexibility index (Phi) is 3.48. The van der Waals surface area contributed by atoms with Gasteiger partial charge in [0.15, 0.2) is 11.4 Å². The van der Waals surface area contributed by atoms with Crippen LogP contribution in [0.25, 0.3) is 5.65 Å². The summed E-state index contributed by atoms with van der Waals surface area (Å²) >= 11 is 11.8. The van der Waals surface area contributed by atoms with Crippen LogP contribution in [-0.2, 0) is 6.54 Å². The van der Waals surface area contributed by atoms with Crippen molar-refractivity contribution in [3.8, 4) is 0 Å². The summed E-state index contributed by atoms with van der Waals surface area (Å²) in [5, 5.41) is 4.72. The lowest BCUT2D eigenvalue weighted by molar-refractivity contribution is 0.0966. The average molecular weight is 323 g/mol. The Morgan fingerprint density at radius 1 is 1.29 bits per heavy atom. The highest BCUT2D eigenvalue weighted by atomic mass is 35.5. The van der Waals surface area contributed by atoms with Crippen LogP contribution in [0.3, 0.4) is 0 Å². The van der Waals surface area contributed by atoms with E-state index in [4.69, 9.17) is 23.2 Å². The van der Waals surface area contributed by atoms with Crippen molar-refractivity contribution < 1.29 is 4.79 Å². The first kappa shape index (κ1) is 13.8. The highest BCUT2D eigenvalue weighted by molar-refractivity contribution is 6.35. The smallest absolute Gasteiger partial charge is 0.292 e. The molecule has 0 atom stereocenters. The summed E-state index contributed by atoms with van der Waals surface area (Å²) in [5.41, 5.74) is 0.206. The number of nitrogens with zero attached hydrogens (tertiary/aromatic N) is 4. The van der Waals surface area contributed by atoms with Crippen LogP contribution in [-0.4, -0.2) is 24.9 Å². The van der Waals surface area contributed by atoms with Gasteiger partial charge in [0.05, 0.1) is 11.2 Å². The molecule has 3 rings (SSSR count). The molecule has 0 radical (unpaired) electrons. The molecule has 0 unspecified atom stereocenters. The number of rotatable bonds is 3. The maximum absolute atomic E-state index is 12.2. The average Bonchev–Trinajstić information content (AvgIpc) is 2.78. The second-order valence-corrected chi connectivity index (χ2v) is 5.14. The minimum absolute atomic E-state index is 0.222. The molecule has 0 aliphatic carbocycles. The Balaban J connectivity index is 1.98. The third kappa shape index (κ3) is 2.55. The van der Waals surface area contributed by atoms with Crippen LogP contribution < -0.4 is 5.69 Å². The number of carbonyl (C=O) groups excluding carboxylic acids is 1. The molecular formula is C13H8Cl2N4O2. The van der Waals surface area contributed by atoms with Gasteiger partial charge in [0, 0.05) is 23.0 Å². The van der Waals surface area contributed by atoms with Gasteiger partial charge >= 0.3 is 5.69 Å². The molecule has 0 N–H and O–H groups in total. The first-order chi connectivity index (χ1) is 10.1. The van der Waals surface area contributed by atoms with Crippen LogP contribution in [0.2, 0.25) is 10.0 Å². The normalized spacial score (nSPS) is 11.0. The van der Waals surface area contributed by atoms with E-state index >= 15 is 0 Å². The Labute approximate surface area is 128 Å². The Morgan fingerprint density at radius 3 is 2.86 bits per heavy atom. The van der Waals surface area contributed by atoms with Gasteiger partial charge in [0.2, 0.25) is 0 Å². The number of hydrogen-bond acceptors (Lipinski definition) is 4. The number of aromatic nitrogens is 4. The molecule has 8 heteroatoms. The van der Waals surface area contributed by atoms with E-state index in [9.17, 15) is 9.59 Å². The predicted molar refractivity (Wildman–Crippen MR) is 78.0 cm³/mol. The summed E-state index contributed by atoms with van der Waals surface area (Å²) in [6.07, 6.45) is 4.39. The molecule has 0 amide bonds. The molecule has 0 fully saturated rings. The summed E-state index contributed by atoms with van der Waals surface area (Å²) in [7, 11) is 0. The SMILES string of the molecule is O=C(Cn1nc2cnccn2c1=O)c1cc(Cl)ccc1Cl. The summed E-state index contributed by atoms with van der Waals surface area (Å²) in [6.45, 7) is -0.222. The highest BCUT2D eigenvalue weighted by Gasteiger charge is 2.15. The zero-order chi connectivity index (χ0) is 15.0. The number of fused-ring (bicyclic) bond motifs is 1. The standard InChI is InChI=1S/C13H8Cl2N4O2/c14-8-1-2-10(15)9(5-8)11(20)7-19-13(21)18-4-3-16-6-12(18)17-19/h1-6H,7H2. The van der Waals surface area contributed by atoms with Crippen molar-refractivity contribution in [3.63, 3.8) is 0 Å². The summed E-state index contributed by atoms with van der Waals surface area (Å²) in [4.78, 5) is 28.2. The number of ketones is 1. The molecule has 106 valence electrons. The van der Waals surface area contributed by atoms with Gasteiger partial charge < -0.3 is 0 Å². The molecule has 0 aliphatic rings. The van der Waals surface area contributed by atoms with Gasteiger partial charge in [-0.1, -0.05) is 23.2 Å². The second kappa shape index (κ2) is 5.31. The van der Waals surface area contributed by atoms with Crippen molar-refractivity contribution in [1.29, 1.82) is 0 Å². The van der Waals surface area contributed by atoms with E-state index in [1.54, 1.807) is 6.07 Å². The zero-order valence-corrected chi connectivity index (χ0v) is 12.0. The molecule has 0 bridgehead atoms. The van der Waals surface area contributed by atoms with Crippen molar-refractivity contribution in [2.45, 2.75) is 6.54 Å². The quantitative estimate of drug-likeness (QED) is 0.692. The third-order valence-electron chi connectivity index (χ3n) is 2.91. The minimum atomic E-state index is -0.418. The van der Waals surface area contributed by atoms with Crippen molar-refractivity contribution in [2.24, 2.45) is 0 Å². The fourth-order valence-electron chi connectivity index (χ4n) is 1.92. The lowest BCUT2D eigenvalue weighted by Gasteiger charge is -2.03. The van der Waals surface area contributed by atoms with Gasteiger partial charge in [-0.05, 0) is 18.2 Å². The maximum Gasteiger partial charge on any atom is 0.350 e. The van der Waals surface area contributed by atoms with Crippen LogP contribution in [0.15, 0.2) is 41.6 Å². The summed E-state index contributed by atoms with van der Waals surface area (Å²) in [5.74, 6) is -0.346. The first-order valence-electron chi connectivity index (χ1n) is 5.94. The van der Waals surface area contributed by atoms with Gasteiger partial charge in [-0.15, -0.1) is 5.10 Å². The molecule has 2 heterocycles. The number of hydrogen-bond donors (Lipinski definition) is 0. The van der Waals surface area contributed by atoms with Gasteiger partial charge in [-0.3, -0.25) is 9.78 Å². The molecule has 1 aromatic carbocycles. The monoisotopic (exact) mass is 322 g/mol. The topological polar surface area (TPSA) is 69.3 Å². The molecule has 0 saturated carbocycles. The van der Waals surface area contributed by atoms with E-state index in [-0.39, 0.29) is 22.9 Å². The highest BCUT2D eigenvalue weighted by Crippen LogP contribution is 2.21. The first-order valence-corrected chi connectivity index (χ1v) is 6.69. The van der Waals surface area contributed by atoms with E-state index in [1.807, 2.05) is 0 Å². The van der Waals surface area contributed by atoms with E-state index in [0.717, 1.165) is 4.68 Å². The Bertz CT molecular complexity index is 901. The lowest BCUT2D eigenvalue weighted by atomic mass is 10.1. The fourth-order valence-corrected chi connectivity index (χ4v) is 2.31. The van der Waals surface area contributed by atoms with Crippen LogP contribution in [0.5, 0.6) is 0 Å². The number of Topliss-reactive ketones (excluding diaryl/α,β-unsaturated/α-hetero) is 1. The van der Waals surface area contributed by atoms with E-state index < -0.39 is 5.69 Å². The van der Waals surface area contributed by atoms with E-state index in [0.29, 0.717) is 10.7 Å². The van der Waals surface area contributed by atoms with Crippen LogP contribution in [0.4, 0.5) is 0 Å². The van der Waals surface area contributed by atoms with Crippen LogP contribution in [0, 0.1) is 0 Å². The van der Waals surface area contributed by atoms with Crippen molar-refractivity contribution in [1.82, 2.24) is 19.2 Å². The molecule has 2 aromatic heterocycles. The molecule has 3 aromatic rings. The maximum atomic E-state index is 12.2. The zero-order valence-electron chi connectivity index (χ0n) is 10.5. The van der Waals surface area contributed by atoms with Gasteiger partial charge in [-0.2, -0.15) is 0 Å². The van der Waals surface area contributed by atoms with Gasteiger partial charge in [0.1, 0.15) is 6.54 Å². The number of halogens is 2. The van der Waals surface area contributed by atoms with E-state index in [2.05, 4.69) is 10.1 Å². The largest absolute Gasteiger partial charge is 0.350 e. The molecule has 0 spiro atoms. The Hall–Kier alpha value is -2.18. The molecule has 21 heavy (non-hydrogen) atoms. The molecular weight excluding hydrogens is 315 g/mol. The van der Waals surface area contributed by atoms with Gasteiger partial charge in [0.25, 0.3) is 0 Å². The predicted octanol–water partition coefficient (Wildman–Crippen LogP) is 2.08. The molecule has 6 nitrogen and oxygen atoms in total. The number of carbonyl (C=O) groups is 1. The molecule has 0 aliphatic heterocycles. The number of benzene rings is 1. The second-order valence-electron chi connectivity index (χ2n) is 4.29. The van der Waals surface area contributed by atoms with Crippen molar-refractivity contribution in [2.75, 3.05) is 0 Å². The fraction of sp³-hybridized carbons (Fsp3) is 0.0769. The third-order valence-corrected chi connectivity index (χ3v) is 3.48. The summed E-state index contributed by atoms with van der Waals surface area (Å²) in [6, 6.07) is 4.59. The van der Waals surface area contributed by atoms with Crippen LogP contribution >= 0.6 is 23.2 Å². The molecule has 0 saturated heterocycles. The lowest BCUT2D eigenvalue weighted by Crippen LogP contribution is -2.25. The Morgan fingerprint density at radius 2 is 2.10 bits per heavy atom. The van der Waals surface area contributed by atoms with Crippen molar-refractivity contribution in [3.05, 3.63) is 62.9 Å².